The summed E-state index contributed by atoms with van der Waals surface area (Å²) in [4.78, 5) is 27.9. The highest BCUT2D eigenvalue weighted by molar-refractivity contribution is 6.31. The SMILES string of the molecule is Cc1nn(CCNC(=O)c2ccc3c(c2)CNCCCCCCCN3C(=O)C(C)C)c(C)c1Cl. The third-order valence-corrected chi connectivity index (χ3v) is 6.89. The van der Waals surface area contributed by atoms with E-state index in [-0.39, 0.29) is 17.7 Å². The summed E-state index contributed by atoms with van der Waals surface area (Å²) in [5.74, 6) is -0.0954. The number of nitrogens with one attached hydrogen (secondary N) is 2. The van der Waals surface area contributed by atoms with Gasteiger partial charge in [-0.15, -0.1) is 0 Å². The molecule has 2 N–H and O–H groups in total. The second-order valence-corrected chi connectivity index (χ2v) is 9.77. The summed E-state index contributed by atoms with van der Waals surface area (Å²) in [6.07, 6.45) is 5.64. The van der Waals surface area contributed by atoms with E-state index in [0.717, 1.165) is 48.4 Å². The molecule has 7 nitrogen and oxygen atoms in total. The van der Waals surface area contributed by atoms with Gasteiger partial charge in [0.15, 0.2) is 0 Å². The molecule has 1 aliphatic heterocycles. The third kappa shape index (κ3) is 6.60. The van der Waals surface area contributed by atoms with E-state index >= 15 is 0 Å². The van der Waals surface area contributed by atoms with Crippen LogP contribution >= 0.6 is 11.6 Å². The largest absolute Gasteiger partial charge is 0.350 e. The Morgan fingerprint density at radius 1 is 1.15 bits per heavy atom. The van der Waals surface area contributed by atoms with Gasteiger partial charge in [-0.05, 0) is 57.0 Å². The van der Waals surface area contributed by atoms with E-state index in [2.05, 4.69) is 15.7 Å². The first-order valence-electron chi connectivity index (χ1n) is 12.4. The van der Waals surface area contributed by atoms with Crippen LogP contribution in [0, 0.1) is 19.8 Å². The number of hydrogen-bond donors (Lipinski definition) is 2. The highest BCUT2D eigenvalue weighted by Gasteiger charge is 2.22. The first-order valence-corrected chi connectivity index (χ1v) is 12.8. The first-order chi connectivity index (χ1) is 16.3. The molecule has 1 aromatic heterocycles. The molecule has 0 radical (unpaired) electrons. The van der Waals surface area contributed by atoms with Crippen molar-refractivity contribution in [1.82, 2.24) is 20.4 Å². The van der Waals surface area contributed by atoms with Crippen LogP contribution in [0.4, 0.5) is 5.69 Å². The van der Waals surface area contributed by atoms with Crippen LogP contribution in [-0.2, 0) is 17.9 Å². The Labute approximate surface area is 208 Å². The molecule has 3 rings (SSSR count). The molecule has 0 spiro atoms. The second-order valence-electron chi connectivity index (χ2n) is 9.40. The van der Waals surface area contributed by atoms with Crippen LogP contribution < -0.4 is 15.5 Å². The van der Waals surface area contributed by atoms with Crippen molar-refractivity contribution in [2.24, 2.45) is 5.92 Å². The normalized spacial score (nSPS) is 15.4. The lowest BCUT2D eigenvalue weighted by atomic mass is 10.0. The van der Waals surface area contributed by atoms with Crippen molar-refractivity contribution in [2.45, 2.75) is 72.9 Å². The van der Waals surface area contributed by atoms with Crippen LogP contribution in [-0.4, -0.2) is 41.2 Å². The molecule has 0 atom stereocenters. The molecule has 0 unspecified atom stereocenters. The van der Waals surface area contributed by atoms with E-state index in [4.69, 9.17) is 11.6 Å². The summed E-state index contributed by atoms with van der Waals surface area (Å²) < 4.78 is 1.82. The topological polar surface area (TPSA) is 79.3 Å². The van der Waals surface area contributed by atoms with Gasteiger partial charge < -0.3 is 15.5 Å². The molecule has 8 heteroatoms. The smallest absolute Gasteiger partial charge is 0.251 e. The Morgan fingerprint density at radius 3 is 2.59 bits per heavy atom. The second kappa shape index (κ2) is 12.4. The Morgan fingerprint density at radius 2 is 1.88 bits per heavy atom. The van der Waals surface area contributed by atoms with Gasteiger partial charge in [0, 0.05) is 36.8 Å². The Kier molecular flexibility index (Phi) is 9.54. The number of carbonyl (C=O) groups is 2. The average Bonchev–Trinajstić information content (AvgIpc) is 3.05. The van der Waals surface area contributed by atoms with E-state index in [1.54, 1.807) is 0 Å². The monoisotopic (exact) mass is 487 g/mol. The van der Waals surface area contributed by atoms with Crippen LogP contribution in [0.15, 0.2) is 18.2 Å². The molecule has 1 aliphatic rings. The van der Waals surface area contributed by atoms with Gasteiger partial charge in [-0.1, -0.05) is 44.7 Å². The summed E-state index contributed by atoms with van der Waals surface area (Å²) >= 11 is 6.22. The number of halogens is 1. The number of amides is 2. The van der Waals surface area contributed by atoms with Gasteiger partial charge in [0.05, 0.1) is 23.0 Å². The summed E-state index contributed by atoms with van der Waals surface area (Å²) in [6.45, 7) is 10.9. The number of benzene rings is 1. The van der Waals surface area contributed by atoms with Crippen LogP contribution in [0.1, 0.15) is 73.3 Å². The summed E-state index contributed by atoms with van der Waals surface area (Å²) in [5, 5.41) is 11.6. The minimum Gasteiger partial charge on any atom is -0.350 e. The predicted molar refractivity (Wildman–Crippen MR) is 137 cm³/mol. The maximum Gasteiger partial charge on any atom is 0.251 e. The Bertz CT molecular complexity index is 1000. The maximum absolute atomic E-state index is 13.0. The lowest BCUT2D eigenvalue weighted by Crippen LogP contribution is -2.36. The molecule has 0 saturated carbocycles. The number of hydrogen-bond acceptors (Lipinski definition) is 4. The minimum absolute atomic E-state index is 0.0837. The molecular formula is C26H38ClN5O2. The van der Waals surface area contributed by atoms with Crippen molar-refractivity contribution in [2.75, 3.05) is 24.5 Å². The number of aromatic nitrogens is 2. The Hall–Kier alpha value is -2.38. The van der Waals surface area contributed by atoms with E-state index < -0.39 is 0 Å². The number of carbonyl (C=O) groups excluding carboxylic acids is 2. The number of rotatable bonds is 5. The molecule has 0 saturated heterocycles. The van der Waals surface area contributed by atoms with E-state index in [9.17, 15) is 9.59 Å². The summed E-state index contributed by atoms with van der Waals surface area (Å²) in [5.41, 5.74) is 4.16. The highest BCUT2D eigenvalue weighted by atomic mass is 35.5. The van der Waals surface area contributed by atoms with Crippen molar-refractivity contribution in [3.05, 3.63) is 45.7 Å². The van der Waals surface area contributed by atoms with Crippen LogP contribution in [0.3, 0.4) is 0 Å². The fourth-order valence-corrected chi connectivity index (χ4v) is 4.47. The standard InChI is InChI=1S/C26H38ClN5O2/c1-18(2)26(34)31-14-9-7-5-6-8-12-28-17-22-16-21(10-11-23(22)31)25(33)29-13-15-32-20(4)24(27)19(3)30-32/h10-11,16,18,28H,5-9,12-15,17H2,1-4H3,(H,29,33). The van der Waals surface area contributed by atoms with E-state index in [1.165, 1.54) is 12.8 Å². The fourth-order valence-electron chi connectivity index (χ4n) is 4.34. The van der Waals surface area contributed by atoms with Gasteiger partial charge in [0.2, 0.25) is 5.91 Å². The molecule has 186 valence electrons. The first kappa shape index (κ1) is 26.2. The Balaban J connectivity index is 1.77. The number of aryl methyl sites for hydroxylation is 1. The third-order valence-electron chi connectivity index (χ3n) is 6.35. The van der Waals surface area contributed by atoms with E-state index in [0.29, 0.717) is 36.8 Å². The zero-order valence-corrected chi connectivity index (χ0v) is 21.7. The zero-order valence-electron chi connectivity index (χ0n) is 20.9. The maximum atomic E-state index is 13.0. The van der Waals surface area contributed by atoms with Gasteiger partial charge in [0.25, 0.3) is 5.91 Å². The van der Waals surface area contributed by atoms with Crippen molar-refractivity contribution < 1.29 is 9.59 Å². The quantitative estimate of drug-likeness (QED) is 0.644. The molecule has 0 aliphatic carbocycles. The van der Waals surface area contributed by atoms with Crippen molar-refractivity contribution in [1.29, 1.82) is 0 Å². The van der Waals surface area contributed by atoms with Gasteiger partial charge in [-0.25, -0.2) is 0 Å². The molecule has 2 heterocycles. The van der Waals surface area contributed by atoms with Crippen molar-refractivity contribution >= 4 is 29.1 Å². The van der Waals surface area contributed by atoms with E-state index in [1.807, 2.05) is 55.5 Å². The molecule has 2 amide bonds. The number of anilines is 1. The minimum atomic E-state index is -0.136. The highest BCUT2D eigenvalue weighted by Crippen LogP contribution is 2.26. The molecule has 2 aromatic rings. The average molecular weight is 488 g/mol. The summed E-state index contributed by atoms with van der Waals surface area (Å²) in [7, 11) is 0. The van der Waals surface area contributed by atoms with Crippen LogP contribution in [0.2, 0.25) is 5.02 Å². The molecule has 0 bridgehead atoms. The van der Waals surface area contributed by atoms with Gasteiger partial charge >= 0.3 is 0 Å². The predicted octanol–water partition coefficient (Wildman–Crippen LogP) is 4.63. The van der Waals surface area contributed by atoms with Gasteiger partial charge in [0.1, 0.15) is 0 Å². The lowest BCUT2D eigenvalue weighted by Gasteiger charge is -2.28. The van der Waals surface area contributed by atoms with Crippen molar-refractivity contribution in [3.8, 4) is 0 Å². The number of fused-ring (bicyclic) bond motifs is 1. The van der Waals surface area contributed by atoms with Crippen LogP contribution in [0.5, 0.6) is 0 Å². The lowest BCUT2D eigenvalue weighted by molar-refractivity contribution is -0.121. The molecule has 1 aromatic carbocycles. The molecule has 34 heavy (non-hydrogen) atoms. The number of nitrogens with zero attached hydrogens (tertiary/aromatic N) is 3. The summed E-state index contributed by atoms with van der Waals surface area (Å²) in [6, 6.07) is 5.67. The van der Waals surface area contributed by atoms with Crippen molar-refractivity contribution in [3.63, 3.8) is 0 Å². The van der Waals surface area contributed by atoms with Gasteiger partial charge in [-0.2, -0.15) is 5.10 Å². The fraction of sp³-hybridized carbons (Fsp3) is 0.577. The van der Waals surface area contributed by atoms with Crippen LogP contribution in [0.25, 0.3) is 0 Å². The molecule has 0 fully saturated rings. The molecular weight excluding hydrogens is 450 g/mol. The zero-order chi connectivity index (χ0) is 24.7. The van der Waals surface area contributed by atoms with Gasteiger partial charge in [-0.3, -0.25) is 14.3 Å².